The first-order valence-corrected chi connectivity index (χ1v) is 11.1. The van der Waals surface area contributed by atoms with Crippen LogP contribution in [0.1, 0.15) is 12.8 Å². The number of benzene rings is 2. The molecule has 0 amide bonds. The van der Waals surface area contributed by atoms with Gasteiger partial charge in [-0.2, -0.15) is 0 Å². The van der Waals surface area contributed by atoms with Crippen molar-refractivity contribution in [2.24, 2.45) is 0 Å². The third-order valence-electron chi connectivity index (χ3n) is 5.72. The zero-order chi connectivity index (χ0) is 22.3. The van der Waals surface area contributed by atoms with Gasteiger partial charge in [0.15, 0.2) is 0 Å². The van der Waals surface area contributed by atoms with Crippen LogP contribution in [0.4, 0.5) is 10.2 Å². The van der Waals surface area contributed by atoms with Crippen LogP contribution < -0.4 is 14.4 Å². The van der Waals surface area contributed by atoms with E-state index < -0.39 is 0 Å². The number of rotatable bonds is 8. The van der Waals surface area contributed by atoms with E-state index in [4.69, 9.17) is 9.47 Å². The molecule has 0 aliphatic carbocycles. The van der Waals surface area contributed by atoms with Gasteiger partial charge in [-0.05, 0) is 66.9 Å². The van der Waals surface area contributed by atoms with Crippen LogP contribution in [0.2, 0.25) is 0 Å². The summed E-state index contributed by atoms with van der Waals surface area (Å²) in [6, 6.07) is 18.5. The quantitative estimate of drug-likeness (QED) is 0.504. The Labute approximate surface area is 189 Å². The highest BCUT2D eigenvalue weighted by atomic mass is 19.1. The molecule has 0 bridgehead atoms. The standard InChI is InChI=1S/C26H30FN3O2/c1-29(2)26-12-5-21(19-28-26)20-3-8-24(9-4-20)32-25-13-15-30(16-14-25)17-18-31-23-10-6-22(27)7-11-23/h3-12,19,25H,13-18H2,1-2H3. The molecule has 3 aromatic rings. The number of halogens is 1. The smallest absolute Gasteiger partial charge is 0.127 e. The maximum Gasteiger partial charge on any atom is 0.127 e. The van der Waals surface area contributed by atoms with Crippen molar-refractivity contribution in [3.8, 4) is 22.6 Å². The lowest BCUT2D eigenvalue weighted by molar-refractivity contribution is 0.0915. The van der Waals surface area contributed by atoms with Crippen molar-refractivity contribution in [2.75, 3.05) is 45.2 Å². The summed E-state index contributed by atoms with van der Waals surface area (Å²) in [5.41, 5.74) is 2.23. The molecule has 0 N–H and O–H groups in total. The van der Waals surface area contributed by atoms with Gasteiger partial charge in [-0.3, -0.25) is 4.90 Å². The van der Waals surface area contributed by atoms with Crippen LogP contribution in [0.5, 0.6) is 11.5 Å². The van der Waals surface area contributed by atoms with Crippen molar-refractivity contribution in [1.29, 1.82) is 0 Å². The molecule has 1 aliphatic heterocycles. The molecule has 32 heavy (non-hydrogen) atoms. The van der Waals surface area contributed by atoms with Crippen LogP contribution in [-0.4, -0.2) is 56.3 Å². The summed E-state index contributed by atoms with van der Waals surface area (Å²) in [6.07, 6.45) is 4.12. The average Bonchev–Trinajstić information content (AvgIpc) is 2.82. The summed E-state index contributed by atoms with van der Waals surface area (Å²) in [6.45, 7) is 3.43. The first-order chi connectivity index (χ1) is 15.6. The van der Waals surface area contributed by atoms with Crippen LogP contribution in [0.25, 0.3) is 11.1 Å². The molecule has 4 rings (SSSR count). The molecule has 0 unspecified atom stereocenters. The second-order valence-electron chi connectivity index (χ2n) is 8.29. The summed E-state index contributed by atoms with van der Waals surface area (Å²) in [5.74, 6) is 2.31. The van der Waals surface area contributed by atoms with E-state index in [0.717, 1.165) is 55.2 Å². The number of anilines is 1. The van der Waals surface area contributed by atoms with Gasteiger partial charge in [-0.1, -0.05) is 12.1 Å². The number of hydrogen-bond acceptors (Lipinski definition) is 5. The van der Waals surface area contributed by atoms with Gasteiger partial charge in [0.2, 0.25) is 0 Å². The molecule has 0 saturated carbocycles. The zero-order valence-electron chi connectivity index (χ0n) is 18.7. The molecule has 5 nitrogen and oxygen atoms in total. The van der Waals surface area contributed by atoms with E-state index in [9.17, 15) is 4.39 Å². The number of nitrogens with zero attached hydrogens (tertiary/aromatic N) is 3. The SMILES string of the molecule is CN(C)c1ccc(-c2ccc(OC3CCN(CCOc4ccc(F)cc4)CC3)cc2)cn1. The van der Waals surface area contributed by atoms with Gasteiger partial charge in [-0.15, -0.1) is 0 Å². The molecular weight excluding hydrogens is 405 g/mol. The number of piperidine rings is 1. The molecule has 1 aliphatic rings. The highest BCUT2D eigenvalue weighted by molar-refractivity contribution is 5.64. The van der Waals surface area contributed by atoms with Gasteiger partial charge in [0.1, 0.15) is 35.8 Å². The maximum atomic E-state index is 12.9. The molecule has 0 atom stereocenters. The summed E-state index contributed by atoms with van der Waals surface area (Å²) < 4.78 is 24.9. The molecule has 0 radical (unpaired) electrons. The van der Waals surface area contributed by atoms with E-state index in [1.165, 1.54) is 12.1 Å². The van der Waals surface area contributed by atoms with Crippen molar-refractivity contribution in [1.82, 2.24) is 9.88 Å². The number of aromatic nitrogens is 1. The largest absolute Gasteiger partial charge is 0.492 e. The Bertz CT molecular complexity index is 967. The highest BCUT2D eigenvalue weighted by Crippen LogP contribution is 2.25. The highest BCUT2D eigenvalue weighted by Gasteiger charge is 2.20. The number of hydrogen-bond donors (Lipinski definition) is 0. The molecule has 2 heterocycles. The van der Waals surface area contributed by atoms with Crippen LogP contribution in [0, 0.1) is 5.82 Å². The molecule has 1 fully saturated rings. The van der Waals surface area contributed by atoms with Crippen molar-refractivity contribution >= 4 is 5.82 Å². The molecule has 1 aromatic heterocycles. The van der Waals surface area contributed by atoms with E-state index in [1.54, 1.807) is 12.1 Å². The van der Waals surface area contributed by atoms with E-state index >= 15 is 0 Å². The Kier molecular flexibility index (Phi) is 7.22. The maximum absolute atomic E-state index is 12.9. The number of ether oxygens (including phenoxy) is 2. The van der Waals surface area contributed by atoms with Crippen molar-refractivity contribution in [3.05, 3.63) is 72.7 Å². The predicted octanol–water partition coefficient (Wildman–Crippen LogP) is 4.88. The second-order valence-corrected chi connectivity index (χ2v) is 8.29. The van der Waals surface area contributed by atoms with Gasteiger partial charge in [0.25, 0.3) is 0 Å². The van der Waals surface area contributed by atoms with E-state index in [-0.39, 0.29) is 11.9 Å². The van der Waals surface area contributed by atoms with Crippen LogP contribution in [-0.2, 0) is 0 Å². The first kappa shape index (κ1) is 22.1. The number of likely N-dealkylation sites (tertiary alicyclic amines) is 1. The van der Waals surface area contributed by atoms with Gasteiger partial charge >= 0.3 is 0 Å². The fraction of sp³-hybridized carbons (Fsp3) is 0.346. The Morgan fingerprint density at radius 1 is 0.906 bits per heavy atom. The Balaban J connectivity index is 1.20. The molecule has 2 aromatic carbocycles. The Hall–Kier alpha value is -3.12. The molecule has 6 heteroatoms. The van der Waals surface area contributed by atoms with E-state index in [1.807, 2.05) is 43.4 Å². The van der Waals surface area contributed by atoms with E-state index in [0.29, 0.717) is 12.4 Å². The summed E-state index contributed by atoms with van der Waals surface area (Å²) in [5, 5.41) is 0. The second kappa shape index (κ2) is 10.5. The van der Waals surface area contributed by atoms with Gasteiger partial charge in [0.05, 0.1) is 0 Å². The van der Waals surface area contributed by atoms with E-state index in [2.05, 4.69) is 28.1 Å². The van der Waals surface area contributed by atoms with Gasteiger partial charge < -0.3 is 14.4 Å². The summed E-state index contributed by atoms with van der Waals surface area (Å²) in [4.78, 5) is 8.86. The minimum absolute atomic E-state index is 0.233. The fourth-order valence-corrected chi connectivity index (χ4v) is 3.81. The minimum atomic E-state index is -0.246. The average molecular weight is 436 g/mol. The van der Waals surface area contributed by atoms with Crippen molar-refractivity contribution < 1.29 is 13.9 Å². The topological polar surface area (TPSA) is 37.8 Å². The van der Waals surface area contributed by atoms with Crippen LogP contribution in [0.3, 0.4) is 0 Å². The zero-order valence-corrected chi connectivity index (χ0v) is 18.7. The Morgan fingerprint density at radius 2 is 1.56 bits per heavy atom. The lowest BCUT2D eigenvalue weighted by Gasteiger charge is -2.32. The lowest BCUT2D eigenvalue weighted by atomic mass is 10.1. The lowest BCUT2D eigenvalue weighted by Crippen LogP contribution is -2.40. The summed E-state index contributed by atoms with van der Waals surface area (Å²) in [7, 11) is 3.97. The normalized spacial score (nSPS) is 14.8. The molecule has 1 saturated heterocycles. The van der Waals surface area contributed by atoms with Crippen molar-refractivity contribution in [2.45, 2.75) is 18.9 Å². The third kappa shape index (κ3) is 5.98. The number of pyridine rings is 1. The third-order valence-corrected chi connectivity index (χ3v) is 5.72. The van der Waals surface area contributed by atoms with Gasteiger partial charge in [0, 0.05) is 45.5 Å². The van der Waals surface area contributed by atoms with Crippen molar-refractivity contribution in [3.63, 3.8) is 0 Å². The predicted molar refractivity (Wildman–Crippen MR) is 126 cm³/mol. The molecule has 0 spiro atoms. The molecule has 168 valence electrons. The first-order valence-electron chi connectivity index (χ1n) is 11.1. The Morgan fingerprint density at radius 3 is 2.19 bits per heavy atom. The fourth-order valence-electron chi connectivity index (χ4n) is 3.81. The van der Waals surface area contributed by atoms with Gasteiger partial charge in [-0.25, -0.2) is 9.37 Å². The monoisotopic (exact) mass is 435 g/mol. The van der Waals surface area contributed by atoms with Crippen LogP contribution in [0.15, 0.2) is 66.9 Å². The minimum Gasteiger partial charge on any atom is -0.492 e. The molecular formula is C26H30FN3O2. The van der Waals surface area contributed by atoms with Crippen LogP contribution >= 0.6 is 0 Å². The summed E-state index contributed by atoms with van der Waals surface area (Å²) >= 11 is 0.